The van der Waals surface area contributed by atoms with Gasteiger partial charge in [0.25, 0.3) is 0 Å². The number of benzene rings is 2. The molecule has 5 rings (SSSR count). The number of aromatic amines is 1. The highest BCUT2D eigenvalue weighted by Gasteiger charge is 2.61. The second-order valence-corrected chi connectivity index (χ2v) is 9.99. The molecule has 2 heterocycles. The van der Waals surface area contributed by atoms with Gasteiger partial charge < -0.3 is 10.2 Å². The standard InChI is InChI=1S/C27H30FN5O2/c1-15(2)20-10-9-18(11-22(20)28)25(17-7-5-4-6-8-17)30-27(35)23-13-21-16(3)26(21)33(23)24(34)12-19-14-29-32-31-19/h4-11,14-16,21,23,25-26H,12-13H2,1-3H3,(H,30,35)(H,29,31,32)/t16-,21+,23-,25-,26-/m0/s1. The number of fused-ring (bicyclic) bond motifs is 1. The zero-order valence-corrected chi connectivity index (χ0v) is 20.1. The first-order chi connectivity index (χ1) is 16.8. The summed E-state index contributed by atoms with van der Waals surface area (Å²) >= 11 is 0. The number of likely N-dealkylation sites (tertiary alicyclic amines) is 1. The topological polar surface area (TPSA) is 91.0 Å². The van der Waals surface area contributed by atoms with Crippen molar-refractivity contribution in [3.05, 3.63) is 82.9 Å². The van der Waals surface area contributed by atoms with Crippen LogP contribution in [0.5, 0.6) is 0 Å². The molecular weight excluding hydrogens is 445 g/mol. The van der Waals surface area contributed by atoms with Gasteiger partial charge in [-0.1, -0.05) is 63.2 Å². The molecule has 8 heteroatoms. The molecule has 0 radical (unpaired) electrons. The van der Waals surface area contributed by atoms with E-state index < -0.39 is 12.1 Å². The van der Waals surface area contributed by atoms with Crippen molar-refractivity contribution in [1.29, 1.82) is 0 Å². The molecule has 0 spiro atoms. The van der Waals surface area contributed by atoms with E-state index in [-0.39, 0.29) is 36.0 Å². The maximum Gasteiger partial charge on any atom is 0.243 e. The number of rotatable bonds is 7. The third-order valence-corrected chi connectivity index (χ3v) is 7.45. The summed E-state index contributed by atoms with van der Waals surface area (Å²) in [5, 5.41) is 13.4. The van der Waals surface area contributed by atoms with E-state index in [1.54, 1.807) is 11.0 Å². The number of nitrogens with one attached hydrogen (secondary N) is 2. The molecule has 0 bridgehead atoms. The summed E-state index contributed by atoms with van der Waals surface area (Å²) in [6.45, 7) is 6.02. The Morgan fingerprint density at radius 2 is 1.94 bits per heavy atom. The minimum atomic E-state index is -0.563. The molecule has 7 nitrogen and oxygen atoms in total. The highest BCUT2D eigenvalue weighted by atomic mass is 19.1. The Bertz CT molecular complexity index is 1210. The second-order valence-electron chi connectivity index (χ2n) is 9.99. The average molecular weight is 476 g/mol. The fourth-order valence-corrected chi connectivity index (χ4v) is 5.48. The van der Waals surface area contributed by atoms with Gasteiger partial charge in [0.1, 0.15) is 11.9 Å². The quantitative estimate of drug-likeness (QED) is 0.545. The lowest BCUT2D eigenvalue weighted by atomic mass is 9.94. The first kappa shape index (κ1) is 23.2. The molecule has 1 saturated heterocycles. The van der Waals surface area contributed by atoms with E-state index in [1.165, 1.54) is 12.3 Å². The molecule has 35 heavy (non-hydrogen) atoms. The van der Waals surface area contributed by atoms with Crippen LogP contribution in [0.1, 0.15) is 61.5 Å². The molecule has 1 aliphatic heterocycles. The number of piperidine rings is 1. The average Bonchev–Trinajstić information content (AvgIpc) is 3.21. The van der Waals surface area contributed by atoms with Crippen LogP contribution in [0.4, 0.5) is 4.39 Å². The molecule has 182 valence electrons. The van der Waals surface area contributed by atoms with Gasteiger partial charge in [0.05, 0.1) is 24.4 Å². The van der Waals surface area contributed by atoms with Crippen molar-refractivity contribution in [2.24, 2.45) is 11.8 Å². The highest BCUT2D eigenvalue weighted by Crippen LogP contribution is 2.53. The molecule has 3 aromatic rings. The lowest BCUT2D eigenvalue weighted by Gasteiger charge is -2.30. The summed E-state index contributed by atoms with van der Waals surface area (Å²) in [6.07, 6.45) is 2.25. The molecule has 1 aliphatic carbocycles. The van der Waals surface area contributed by atoms with Gasteiger partial charge in [-0.25, -0.2) is 4.39 Å². The molecule has 0 unspecified atom stereocenters. The predicted octanol–water partition coefficient (Wildman–Crippen LogP) is 3.75. The van der Waals surface area contributed by atoms with Crippen molar-refractivity contribution in [2.75, 3.05) is 0 Å². The summed E-state index contributed by atoms with van der Waals surface area (Å²) in [5.74, 6) is 0.130. The molecule has 2 fully saturated rings. The second kappa shape index (κ2) is 9.24. The van der Waals surface area contributed by atoms with Gasteiger partial charge in [0.2, 0.25) is 11.8 Å². The number of H-pyrrole nitrogens is 1. The molecular formula is C27H30FN5O2. The van der Waals surface area contributed by atoms with Crippen LogP contribution < -0.4 is 5.32 Å². The first-order valence-corrected chi connectivity index (χ1v) is 12.2. The van der Waals surface area contributed by atoms with Crippen molar-refractivity contribution in [3.8, 4) is 0 Å². The van der Waals surface area contributed by atoms with E-state index in [1.807, 2.05) is 50.2 Å². The first-order valence-electron chi connectivity index (χ1n) is 12.2. The van der Waals surface area contributed by atoms with Crippen molar-refractivity contribution in [2.45, 2.75) is 57.7 Å². The molecule has 2 amide bonds. The van der Waals surface area contributed by atoms with Gasteiger partial charge in [-0.05, 0) is 46.9 Å². The Labute approximate surface area is 204 Å². The van der Waals surface area contributed by atoms with Gasteiger partial charge in [-0.2, -0.15) is 15.4 Å². The fraction of sp³-hybridized carbons (Fsp3) is 0.407. The SMILES string of the molecule is CC(C)c1ccc([C@@H](NC(=O)[C@@H]2C[C@@H]3[C@H](C)[C@@H]3N2C(=O)Cc2cn[nH]n2)c2ccccc2)cc1F. The Hall–Kier alpha value is -3.55. The smallest absolute Gasteiger partial charge is 0.243 e. The van der Waals surface area contributed by atoms with Crippen molar-refractivity contribution < 1.29 is 14.0 Å². The van der Waals surface area contributed by atoms with E-state index >= 15 is 0 Å². The van der Waals surface area contributed by atoms with E-state index in [0.717, 1.165) is 5.56 Å². The van der Waals surface area contributed by atoms with Crippen LogP contribution in [0.3, 0.4) is 0 Å². The van der Waals surface area contributed by atoms with Crippen LogP contribution in [0.2, 0.25) is 0 Å². The summed E-state index contributed by atoms with van der Waals surface area (Å²) in [6, 6.07) is 13.7. The number of carbonyl (C=O) groups is 2. The third-order valence-electron chi connectivity index (χ3n) is 7.45. The minimum absolute atomic E-state index is 0.0605. The molecule has 5 atom stereocenters. The van der Waals surface area contributed by atoms with Crippen LogP contribution in [0.25, 0.3) is 0 Å². The maximum absolute atomic E-state index is 14.9. The monoisotopic (exact) mass is 475 g/mol. The lowest BCUT2D eigenvalue weighted by Crippen LogP contribution is -2.50. The van der Waals surface area contributed by atoms with Crippen molar-refractivity contribution in [3.63, 3.8) is 0 Å². The highest BCUT2D eigenvalue weighted by molar-refractivity contribution is 5.90. The van der Waals surface area contributed by atoms with Crippen molar-refractivity contribution >= 4 is 11.8 Å². The van der Waals surface area contributed by atoms with E-state index in [0.29, 0.717) is 35.1 Å². The summed E-state index contributed by atoms with van der Waals surface area (Å²) in [7, 11) is 0. The Morgan fingerprint density at radius 3 is 2.60 bits per heavy atom. The van der Waals surface area contributed by atoms with Gasteiger partial charge in [0.15, 0.2) is 0 Å². The number of hydrogen-bond donors (Lipinski definition) is 2. The molecule has 1 saturated carbocycles. The summed E-state index contributed by atoms with van der Waals surface area (Å²) in [5.41, 5.74) is 2.72. The van der Waals surface area contributed by atoms with E-state index in [9.17, 15) is 14.0 Å². The van der Waals surface area contributed by atoms with Crippen molar-refractivity contribution in [1.82, 2.24) is 25.6 Å². The number of carbonyl (C=O) groups excluding carboxylic acids is 2. The van der Waals surface area contributed by atoms with Crippen LogP contribution in [0.15, 0.2) is 54.7 Å². The van der Waals surface area contributed by atoms with Gasteiger partial charge in [0, 0.05) is 6.04 Å². The van der Waals surface area contributed by atoms with Crippen LogP contribution in [-0.4, -0.2) is 44.2 Å². The van der Waals surface area contributed by atoms with E-state index in [4.69, 9.17) is 0 Å². The zero-order valence-electron chi connectivity index (χ0n) is 20.1. The Morgan fingerprint density at radius 1 is 1.17 bits per heavy atom. The van der Waals surface area contributed by atoms with Crippen LogP contribution in [-0.2, 0) is 16.0 Å². The van der Waals surface area contributed by atoms with E-state index in [2.05, 4.69) is 27.7 Å². The zero-order chi connectivity index (χ0) is 24.7. The minimum Gasteiger partial charge on any atom is -0.343 e. The predicted molar refractivity (Wildman–Crippen MR) is 129 cm³/mol. The number of amides is 2. The summed E-state index contributed by atoms with van der Waals surface area (Å²) < 4.78 is 14.9. The number of halogens is 1. The fourth-order valence-electron chi connectivity index (χ4n) is 5.48. The van der Waals surface area contributed by atoms with Crippen LogP contribution >= 0.6 is 0 Å². The normalized spacial score (nSPS) is 23.7. The largest absolute Gasteiger partial charge is 0.343 e. The number of nitrogens with zero attached hydrogens (tertiary/aromatic N) is 3. The molecule has 2 N–H and O–H groups in total. The number of hydrogen-bond acceptors (Lipinski definition) is 4. The summed E-state index contributed by atoms with van der Waals surface area (Å²) in [4.78, 5) is 28.6. The Kier molecular flexibility index (Phi) is 6.13. The molecule has 2 aromatic carbocycles. The van der Waals surface area contributed by atoms with Gasteiger partial charge >= 0.3 is 0 Å². The van der Waals surface area contributed by atoms with Gasteiger partial charge in [-0.3, -0.25) is 9.59 Å². The molecule has 1 aromatic heterocycles. The number of aromatic nitrogens is 3. The van der Waals surface area contributed by atoms with Gasteiger partial charge in [-0.15, -0.1) is 0 Å². The Balaban J connectivity index is 1.41. The molecule has 2 aliphatic rings. The van der Waals surface area contributed by atoms with Crippen LogP contribution in [0, 0.1) is 17.7 Å². The lowest BCUT2D eigenvalue weighted by molar-refractivity contribution is -0.139. The maximum atomic E-state index is 14.9. The third kappa shape index (κ3) is 4.45.